The summed E-state index contributed by atoms with van der Waals surface area (Å²) in [4.78, 5) is 1.12. The highest BCUT2D eigenvalue weighted by molar-refractivity contribution is 7.91. The fourth-order valence-electron chi connectivity index (χ4n) is 2.79. The number of sulfonamides is 1. The molecular formula is C16H28N2O2S2. The zero-order valence-electron chi connectivity index (χ0n) is 14.1. The van der Waals surface area contributed by atoms with Crippen LogP contribution >= 0.6 is 11.3 Å². The van der Waals surface area contributed by atoms with Crippen molar-refractivity contribution in [1.82, 2.24) is 9.62 Å². The number of piperidine rings is 1. The Kier molecular flexibility index (Phi) is 5.69. The van der Waals surface area contributed by atoms with Gasteiger partial charge in [-0.25, -0.2) is 8.42 Å². The monoisotopic (exact) mass is 344 g/mol. The Labute approximate surface area is 139 Å². The van der Waals surface area contributed by atoms with E-state index in [0.717, 1.165) is 37.2 Å². The molecule has 1 aromatic heterocycles. The van der Waals surface area contributed by atoms with Gasteiger partial charge in [-0.05, 0) is 49.9 Å². The Hall–Kier alpha value is -0.430. The van der Waals surface area contributed by atoms with E-state index in [1.54, 1.807) is 10.4 Å². The Morgan fingerprint density at radius 1 is 1.27 bits per heavy atom. The summed E-state index contributed by atoms with van der Waals surface area (Å²) < 4.78 is 28.4. The van der Waals surface area contributed by atoms with Crippen LogP contribution in [0.2, 0.25) is 0 Å². The van der Waals surface area contributed by atoms with Crippen molar-refractivity contribution in [1.29, 1.82) is 0 Å². The lowest BCUT2D eigenvalue weighted by Gasteiger charge is -2.33. The molecule has 0 saturated carbocycles. The predicted molar refractivity (Wildman–Crippen MR) is 93.1 cm³/mol. The first-order chi connectivity index (χ1) is 10.3. The molecule has 0 aromatic carbocycles. The van der Waals surface area contributed by atoms with Gasteiger partial charge in [-0.1, -0.05) is 27.7 Å². The van der Waals surface area contributed by atoms with Crippen LogP contribution in [0.15, 0.2) is 16.3 Å². The van der Waals surface area contributed by atoms with Crippen LogP contribution in [0.5, 0.6) is 0 Å². The minimum atomic E-state index is -3.38. The summed E-state index contributed by atoms with van der Waals surface area (Å²) in [6, 6.07) is 3.88. The second kappa shape index (κ2) is 6.99. The Bertz CT molecular complexity index is 582. The summed E-state index contributed by atoms with van der Waals surface area (Å²) in [5.41, 5.74) is -0.0111. The maximum atomic E-state index is 13.1. The van der Waals surface area contributed by atoms with Gasteiger partial charge in [-0.2, -0.15) is 4.31 Å². The van der Waals surface area contributed by atoms with E-state index in [2.05, 4.69) is 26.1 Å². The lowest BCUT2D eigenvalue weighted by atomic mass is 9.95. The minimum absolute atomic E-state index is 0.0111. The molecule has 1 aromatic rings. The van der Waals surface area contributed by atoms with Gasteiger partial charge >= 0.3 is 0 Å². The van der Waals surface area contributed by atoms with E-state index in [4.69, 9.17) is 0 Å². The van der Waals surface area contributed by atoms with Gasteiger partial charge in [0.15, 0.2) is 0 Å². The Balaban J connectivity index is 2.30. The number of rotatable bonds is 5. The molecule has 0 unspecified atom stereocenters. The van der Waals surface area contributed by atoms with E-state index < -0.39 is 10.0 Å². The van der Waals surface area contributed by atoms with Crippen molar-refractivity contribution in [3.05, 3.63) is 17.0 Å². The van der Waals surface area contributed by atoms with Crippen LogP contribution in [-0.4, -0.2) is 38.4 Å². The highest BCUT2D eigenvalue weighted by atomic mass is 32.2. The van der Waals surface area contributed by atoms with E-state index in [-0.39, 0.29) is 11.5 Å². The third-order valence-corrected chi connectivity index (χ3v) is 7.97. The summed E-state index contributed by atoms with van der Waals surface area (Å²) in [5, 5.41) is 3.31. The average molecular weight is 345 g/mol. The second-order valence-electron chi connectivity index (χ2n) is 6.97. The Morgan fingerprint density at radius 2 is 1.91 bits per heavy atom. The van der Waals surface area contributed by atoms with Gasteiger partial charge < -0.3 is 5.32 Å². The minimum Gasteiger partial charge on any atom is -0.317 e. The van der Waals surface area contributed by atoms with E-state index >= 15 is 0 Å². The molecule has 126 valence electrons. The number of hydrogen-bond acceptors (Lipinski definition) is 4. The van der Waals surface area contributed by atoms with Gasteiger partial charge in [0.25, 0.3) is 10.0 Å². The Morgan fingerprint density at radius 3 is 2.41 bits per heavy atom. The van der Waals surface area contributed by atoms with Crippen molar-refractivity contribution in [2.45, 2.75) is 62.6 Å². The van der Waals surface area contributed by atoms with Gasteiger partial charge in [0.1, 0.15) is 4.21 Å². The van der Waals surface area contributed by atoms with Gasteiger partial charge in [0, 0.05) is 17.5 Å². The van der Waals surface area contributed by atoms with Crippen LogP contribution in [0.4, 0.5) is 0 Å². The highest BCUT2D eigenvalue weighted by Gasteiger charge is 2.33. The van der Waals surface area contributed by atoms with Crippen LogP contribution < -0.4 is 5.32 Å². The first-order valence-electron chi connectivity index (χ1n) is 8.09. The molecule has 1 fully saturated rings. The maximum Gasteiger partial charge on any atom is 0.252 e. The van der Waals surface area contributed by atoms with Crippen molar-refractivity contribution in [3.8, 4) is 0 Å². The first kappa shape index (κ1) is 17.9. The van der Waals surface area contributed by atoms with Gasteiger partial charge in [-0.15, -0.1) is 11.3 Å². The van der Waals surface area contributed by atoms with E-state index in [1.165, 1.54) is 11.3 Å². The number of nitrogens with zero attached hydrogens (tertiary/aromatic N) is 1. The molecule has 0 atom stereocenters. The molecule has 6 heteroatoms. The van der Waals surface area contributed by atoms with Crippen molar-refractivity contribution in [2.24, 2.45) is 0 Å². The molecule has 2 rings (SSSR count). The van der Waals surface area contributed by atoms with Crippen molar-refractivity contribution in [2.75, 3.05) is 19.6 Å². The summed E-state index contributed by atoms with van der Waals surface area (Å²) in [7, 11) is -3.38. The smallest absolute Gasteiger partial charge is 0.252 e. The van der Waals surface area contributed by atoms with Crippen LogP contribution in [0.1, 0.15) is 51.8 Å². The van der Waals surface area contributed by atoms with E-state index in [9.17, 15) is 8.42 Å². The van der Waals surface area contributed by atoms with Crippen molar-refractivity contribution >= 4 is 21.4 Å². The summed E-state index contributed by atoms with van der Waals surface area (Å²) in [6.07, 6.45) is 2.65. The third-order valence-electron chi connectivity index (χ3n) is 4.04. The molecule has 22 heavy (non-hydrogen) atoms. The topological polar surface area (TPSA) is 49.4 Å². The molecule has 0 amide bonds. The normalized spacial score (nSPS) is 18.0. The zero-order valence-corrected chi connectivity index (χ0v) is 15.7. The fourth-order valence-corrected chi connectivity index (χ4v) is 6.06. The number of nitrogens with one attached hydrogen (secondary N) is 1. The summed E-state index contributed by atoms with van der Waals surface area (Å²) in [5.74, 6) is 0. The van der Waals surface area contributed by atoms with Gasteiger partial charge in [0.2, 0.25) is 0 Å². The molecular weight excluding hydrogens is 316 g/mol. The first-order valence-corrected chi connectivity index (χ1v) is 10.4. The second-order valence-corrected chi connectivity index (χ2v) is 10.2. The average Bonchev–Trinajstić information content (AvgIpc) is 2.96. The lowest BCUT2D eigenvalue weighted by Crippen LogP contribution is -2.46. The molecule has 4 nitrogen and oxygen atoms in total. The quantitative estimate of drug-likeness (QED) is 0.892. The molecule has 0 bridgehead atoms. The van der Waals surface area contributed by atoms with Crippen molar-refractivity contribution < 1.29 is 8.42 Å². The number of hydrogen-bond donors (Lipinski definition) is 1. The summed E-state index contributed by atoms with van der Waals surface area (Å²) in [6.45, 7) is 10.8. The van der Waals surface area contributed by atoms with E-state index in [0.29, 0.717) is 10.8 Å². The zero-order chi connectivity index (χ0) is 16.4. The highest BCUT2D eigenvalue weighted by Crippen LogP contribution is 2.34. The maximum absolute atomic E-state index is 13.1. The fraction of sp³-hybridized carbons (Fsp3) is 0.750. The number of thiophene rings is 1. The molecule has 1 aliphatic heterocycles. The summed E-state index contributed by atoms with van der Waals surface area (Å²) >= 11 is 1.42. The molecule has 0 radical (unpaired) electrons. The predicted octanol–water partition coefficient (Wildman–Crippen LogP) is 3.20. The van der Waals surface area contributed by atoms with Crippen LogP contribution in [0.25, 0.3) is 0 Å². The molecule has 0 aliphatic carbocycles. The van der Waals surface area contributed by atoms with Gasteiger partial charge in [0.05, 0.1) is 0 Å². The third kappa shape index (κ3) is 3.91. The van der Waals surface area contributed by atoms with E-state index in [1.807, 2.05) is 13.0 Å². The molecule has 1 N–H and O–H groups in total. The molecule has 1 saturated heterocycles. The van der Waals surface area contributed by atoms with Gasteiger partial charge in [-0.3, -0.25) is 0 Å². The molecule has 2 heterocycles. The molecule has 1 aliphatic rings. The van der Waals surface area contributed by atoms with Crippen molar-refractivity contribution in [3.63, 3.8) is 0 Å². The van der Waals surface area contributed by atoms with Crippen LogP contribution in [0.3, 0.4) is 0 Å². The van der Waals surface area contributed by atoms with Crippen LogP contribution in [-0.2, 0) is 15.4 Å². The standard InChI is InChI=1S/C16H28N2O2S2/c1-5-12-18(13-8-10-17-11-9-13)22(19,20)15-7-6-14(21-15)16(2,3)4/h6-7,13,17H,5,8-12H2,1-4H3. The largest absolute Gasteiger partial charge is 0.317 e. The van der Waals surface area contributed by atoms with Crippen LogP contribution in [0, 0.1) is 0 Å². The SMILES string of the molecule is CCCN(C1CCNCC1)S(=O)(=O)c1ccc(C(C)(C)C)s1. The lowest BCUT2D eigenvalue weighted by molar-refractivity contribution is 0.263. The molecule has 0 spiro atoms.